The highest BCUT2D eigenvalue weighted by Gasteiger charge is 2.36. The second kappa shape index (κ2) is 10.8. The molecule has 0 radical (unpaired) electrons. The third-order valence-corrected chi connectivity index (χ3v) is 9.52. The minimum atomic E-state index is -4.60. The van der Waals surface area contributed by atoms with Crippen LogP contribution in [-0.2, 0) is 12.7 Å². The van der Waals surface area contributed by atoms with Crippen LogP contribution >= 0.6 is 11.3 Å². The average Bonchev–Trinajstić information content (AvgIpc) is 3.44. The van der Waals surface area contributed by atoms with E-state index in [1.165, 1.54) is 28.2 Å². The highest BCUT2D eigenvalue weighted by Crippen LogP contribution is 2.45. The third-order valence-electron chi connectivity index (χ3n) is 8.63. The van der Waals surface area contributed by atoms with Crippen molar-refractivity contribution < 1.29 is 13.2 Å². The number of thiazole rings is 1. The van der Waals surface area contributed by atoms with Gasteiger partial charge in [-0.15, -0.1) is 11.3 Å². The van der Waals surface area contributed by atoms with E-state index in [1.807, 2.05) is 25.1 Å². The van der Waals surface area contributed by atoms with E-state index in [-0.39, 0.29) is 11.4 Å². The lowest BCUT2D eigenvalue weighted by Crippen LogP contribution is -2.34. The van der Waals surface area contributed by atoms with Gasteiger partial charge in [-0.1, -0.05) is 25.5 Å². The Balaban J connectivity index is 1.43. The van der Waals surface area contributed by atoms with Crippen LogP contribution in [0.25, 0.3) is 11.2 Å². The van der Waals surface area contributed by atoms with Crippen LogP contribution in [0.5, 0.6) is 0 Å². The molecule has 2 aliphatic rings. The average molecular weight is 580 g/mol. The molecule has 1 saturated carbocycles. The first-order valence-corrected chi connectivity index (χ1v) is 15.0. The molecule has 2 atom stereocenters. The summed E-state index contributed by atoms with van der Waals surface area (Å²) in [6, 6.07) is 10.8. The molecule has 10 heteroatoms. The number of aromatic nitrogens is 3. The minimum absolute atomic E-state index is 0.0425. The Hall–Kier alpha value is -3.42. The smallest absolute Gasteiger partial charge is 0.299 e. The standard InChI is InChI=1S/C31H32F3N5OS/c1-19-6-5-11-37(15-19)16-21-12-25(31(32,33)34)26-18-38(30(40)39(26)17-21)24-10-4-9-23(13-24)28(22-7-3-8-22)29-20(2)41-27(14-35)36-29/h4,9-10,12-13,17-19,22,28H,3,5-8,11,15-16H2,1-2H3/t19-,28-/m0/s1. The van der Waals surface area contributed by atoms with E-state index in [0.717, 1.165) is 65.7 Å². The van der Waals surface area contributed by atoms with Gasteiger partial charge in [-0.05, 0) is 80.3 Å². The van der Waals surface area contributed by atoms with Crippen molar-refractivity contribution in [2.24, 2.45) is 11.8 Å². The summed E-state index contributed by atoms with van der Waals surface area (Å²) in [7, 11) is 0. The van der Waals surface area contributed by atoms with Crippen LogP contribution in [0.15, 0.2) is 47.5 Å². The lowest BCUT2D eigenvalue weighted by molar-refractivity contribution is -0.136. The van der Waals surface area contributed by atoms with Gasteiger partial charge in [0.05, 0.1) is 22.5 Å². The molecule has 41 heavy (non-hydrogen) atoms. The van der Waals surface area contributed by atoms with Gasteiger partial charge in [0, 0.05) is 36.3 Å². The molecule has 4 aromatic rings. The Morgan fingerprint density at radius 3 is 2.63 bits per heavy atom. The van der Waals surface area contributed by atoms with Gasteiger partial charge < -0.3 is 0 Å². The van der Waals surface area contributed by atoms with Crippen LogP contribution in [0.2, 0.25) is 0 Å². The van der Waals surface area contributed by atoms with Crippen molar-refractivity contribution in [1.29, 1.82) is 5.26 Å². The molecule has 0 spiro atoms. The van der Waals surface area contributed by atoms with Gasteiger partial charge >= 0.3 is 11.9 Å². The first-order valence-electron chi connectivity index (χ1n) is 14.2. The van der Waals surface area contributed by atoms with E-state index in [2.05, 4.69) is 22.9 Å². The van der Waals surface area contributed by atoms with Crippen LogP contribution in [0.1, 0.15) is 77.2 Å². The van der Waals surface area contributed by atoms with Crippen molar-refractivity contribution in [2.45, 2.75) is 64.6 Å². The first-order chi connectivity index (χ1) is 19.6. The number of imidazole rings is 1. The zero-order valence-electron chi connectivity index (χ0n) is 23.1. The van der Waals surface area contributed by atoms with Gasteiger partial charge in [-0.3, -0.25) is 13.9 Å². The van der Waals surface area contributed by atoms with Crippen molar-refractivity contribution in [3.63, 3.8) is 0 Å². The number of hydrogen-bond acceptors (Lipinski definition) is 5. The fraction of sp³-hybridized carbons (Fsp3) is 0.452. The summed E-state index contributed by atoms with van der Waals surface area (Å²) in [6.45, 7) is 6.16. The number of halogens is 3. The van der Waals surface area contributed by atoms with Crippen molar-refractivity contribution in [2.75, 3.05) is 13.1 Å². The number of alkyl halides is 3. The second-order valence-corrected chi connectivity index (χ2v) is 12.8. The Morgan fingerprint density at radius 1 is 1.17 bits per heavy atom. The number of piperidine rings is 1. The number of hydrogen-bond donors (Lipinski definition) is 0. The van der Waals surface area contributed by atoms with Crippen molar-refractivity contribution >= 4 is 16.9 Å². The number of fused-ring (bicyclic) bond motifs is 1. The molecule has 4 heterocycles. The zero-order chi connectivity index (χ0) is 28.9. The fourth-order valence-corrected chi connectivity index (χ4v) is 7.23. The minimum Gasteiger partial charge on any atom is -0.299 e. The molecule has 1 aromatic carbocycles. The molecule has 2 fully saturated rings. The number of nitrogens with zero attached hydrogens (tertiary/aromatic N) is 5. The van der Waals surface area contributed by atoms with Crippen LogP contribution in [-0.4, -0.2) is 31.9 Å². The number of likely N-dealkylation sites (tertiary alicyclic amines) is 1. The van der Waals surface area contributed by atoms with Crippen LogP contribution < -0.4 is 5.69 Å². The molecule has 0 unspecified atom stereocenters. The Bertz CT molecular complexity index is 1690. The maximum Gasteiger partial charge on any atom is 0.418 e. The summed E-state index contributed by atoms with van der Waals surface area (Å²) >= 11 is 1.37. The zero-order valence-corrected chi connectivity index (χ0v) is 23.9. The van der Waals surface area contributed by atoms with E-state index >= 15 is 0 Å². The molecule has 6 rings (SSSR count). The molecule has 1 saturated heterocycles. The molecule has 0 bridgehead atoms. The summed E-state index contributed by atoms with van der Waals surface area (Å²) in [5.41, 5.74) is 1.31. The van der Waals surface area contributed by atoms with Crippen LogP contribution in [0.3, 0.4) is 0 Å². The maximum absolute atomic E-state index is 14.3. The quantitative estimate of drug-likeness (QED) is 0.249. The lowest BCUT2D eigenvalue weighted by Gasteiger charge is -2.34. The Morgan fingerprint density at radius 2 is 1.98 bits per heavy atom. The Kier molecular flexibility index (Phi) is 7.28. The molecule has 3 aromatic heterocycles. The SMILES string of the molecule is Cc1sc(C#N)nc1[C@H](c1cccc(-n2cc3c(C(F)(F)F)cc(CN4CCC[C@H](C)C4)cn3c2=O)c1)C1CCC1. The largest absolute Gasteiger partial charge is 0.418 e. The van der Waals surface area contributed by atoms with Gasteiger partial charge in [-0.25, -0.2) is 9.78 Å². The topological polar surface area (TPSA) is 66.3 Å². The summed E-state index contributed by atoms with van der Waals surface area (Å²) < 4.78 is 45.3. The van der Waals surface area contributed by atoms with E-state index in [4.69, 9.17) is 0 Å². The molecule has 214 valence electrons. The van der Waals surface area contributed by atoms with Gasteiger partial charge in [-0.2, -0.15) is 18.4 Å². The summed E-state index contributed by atoms with van der Waals surface area (Å²) in [6.07, 6.45) is 3.60. The highest BCUT2D eigenvalue weighted by atomic mass is 32.1. The number of benzene rings is 1. The van der Waals surface area contributed by atoms with Gasteiger partial charge in [0.2, 0.25) is 0 Å². The fourth-order valence-electron chi connectivity index (χ4n) is 6.47. The van der Waals surface area contributed by atoms with E-state index < -0.39 is 17.4 Å². The summed E-state index contributed by atoms with van der Waals surface area (Å²) in [5, 5.41) is 9.83. The number of nitriles is 1. The number of rotatable bonds is 6. The molecular formula is C31H32F3N5OS. The number of pyridine rings is 1. The summed E-state index contributed by atoms with van der Waals surface area (Å²) in [5.74, 6) is 0.812. The van der Waals surface area contributed by atoms with E-state index in [1.54, 1.807) is 12.3 Å². The molecule has 1 aliphatic heterocycles. The van der Waals surface area contributed by atoms with Crippen LogP contribution in [0.4, 0.5) is 13.2 Å². The maximum atomic E-state index is 14.3. The second-order valence-electron chi connectivity index (χ2n) is 11.6. The van der Waals surface area contributed by atoms with Crippen LogP contribution in [0, 0.1) is 30.1 Å². The Labute approximate surface area is 240 Å². The molecule has 6 nitrogen and oxygen atoms in total. The van der Waals surface area contributed by atoms with Gasteiger partial charge in [0.25, 0.3) is 0 Å². The third kappa shape index (κ3) is 5.33. The normalized spacial score (nSPS) is 19.3. The van der Waals surface area contributed by atoms with Crippen molar-refractivity contribution in [3.05, 3.63) is 85.5 Å². The highest BCUT2D eigenvalue weighted by molar-refractivity contribution is 7.12. The lowest BCUT2D eigenvalue weighted by atomic mass is 9.71. The monoisotopic (exact) mass is 579 g/mol. The summed E-state index contributed by atoms with van der Waals surface area (Å²) in [4.78, 5) is 21.4. The molecular weight excluding hydrogens is 547 g/mol. The van der Waals surface area contributed by atoms with E-state index in [9.17, 15) is 23.2 Å². The van der Waals surface area contributed by atoms with Gasteiger partial charge in [0.15, 0.2) is 5.01 Å². The van der Waals surface area contributed by atoms with Crippen molar-refractivity contribution in [1.82, 2.24) is 18.9 Å². The van der Waals surface area contributed by atoms with E-state index in [0.29, 0.717) is 34.6 Å². The number of aryl methyl sites for hydroxylation is 1. The molecule has 0 N–H and O–H groups in total. The predicted octanol–water partition coefficient (Wildman–Crippen LogP) is 6.91. The predicted molar refractivity (Wildman–Crippen MR) is 152 cm³/mol. The van der Waals surface area contributed by atoms with Gasteiger partial charge in [0.1, 0.15) is 6.07 Å². The van der Waals surface area contributed by atoms with Crippen molar-refractivity contribution in [3.8, 4) is 11.8 Å². The first kappa shape index (κ1) is 27.7. The molecule has 1 aliphatic carbocycles. The molecule has 0 amide bonds.